The van der Waals surface area contributed by atoms with Crippen molar-refractivity contribution in [1.29, 1.82) is 0 Å². The van der Waals surface area contributed by atoms with Gasteiger partial charge in [-0.1, -0.05) is 29.3 Å². The van der Waals surface area contributed by atoms with Crippen LogP contribution in [0.5, 0.6) is 0 Å². The van der Waals surface area contributed by atoms with Gasteiger partial charge in [0.05, 0.1) is 0 Å². The van der Waals surface area contributed by atoms with Crippen molar-refractivity contribution in [3.05, 3.63) is 28.2 Å². The molecule has 0 aromatic heterocycles. The summed E-state index contributed by atoms with van der Waals surface area (Å²) in [5.74, 6) is 0. The minimum atomic E-state index is 0.762. The van der Waals surface area contributed by atoms with Crippen molar-refractivity contribution in [2.45, 2.75) is 45.2 Å². The van der Waals surface area contributed by atoms with Gasteiger partial charge in [0.1, 0.15) is 0 Å². The van der Waals surface area contributed by atoms with E-state index in [4.69, 9.17) is 0 Å². The predicted octanol–water partition coefficient (Wildman–Crippen LogP) is 3.94. The standard InChI is InChI=1S/C15H23BrN2/c1-3-4-9-18(2)15-8-5-13(16)10-12(15)11-17-14-6-7-14/h5,8,10,14,17H,3-4,6-7,9,11H2,1-2H3. The van der Waals surface area contributed by atoms with Crippen LogP contribution in [0.4, 0.5) is 5.69 Å². The Bertz CT molecular complexity index is 388. The predicted molar refractivity (Wildman–Crippen MR) is 82.2 cm³/mol. The van der Waals surface area contributed by atoms with Gasteiger partial charge in [-0.3, -0.25) is 0 Å². The number of nitrogens with one attached hydrogen (secondary N) is 1. The van der Waals surface area contributed by atoms with Gasteiger partial charge in [-0.05, 0) is 43.0 Å². The number of nitrogens with zero attached hydrogens (tertiary/aromatic N) is 1. The van der Waals surface area contributed by atoms with Crippen molar-refractivity contribution in [1.82, 2.24) is 5.32 Å². The van der Waals surface area contributed by atoms with Crippen LogP contribution < -0.4 is 10.2 Å². The molecule has 0 saturated heterocycles. The van der Waals surface area contributed by atoms with Crippen LogP contribution >= 0.6 is 15.9 Å². The van der Waals surface area contributed by atoms with Gasteiger partial charge in [-0.15, -0.1) is 0 Å². The molecule has 0 radical (unpaired) electrons. The lowest BCUT2D eigenvalue weighted by atomic mass is 10.1. The quantitative estimate of drug-likeness (QED) is 0.820. The molecule has 1 fully saturated rings. The molecule has 2 nitrogen and oxygen atoms in total. The average molecular weight is 311 g/mol. The number of benzene rings is 1. The first-order valence-corrected chi connectivity index (χ1v) is 7.73. The van der Waals surface area contributed by atoms with Gasteiger partial charge in [-0.2, -0.15) is 0 Å². The molecule has 1 N–H and O–H groups in total. The number of rotatable bonds is 7. The Morgan fingerprint density at radius 2 is 2.17 bits per heavy atom. The van der Waals surface area contributed by atoms with E-state index in [9.17, 15) is 0 Å². The third-order valence-corrected chi connectivity index (χ3v) is 3.95. The largest absolute Gasteiger partial charge is 0.374 e. The lowest BCUT2D eigenvalue weighted by molar-refractivity contribution is 0.683. The maximum Gasteiger partial charge on any atom is 0.0410 e. The maximum absolute atomic E-state index is 3.60. The van der Waals surface area contributed by atoms with Gasteiger partial charge < -0.3 is 10.2 Å². The third-order valence-electron chi connectivity index (χ3n) is 3.46. The molecule has 1 aliphatic carbocycles. The van der Waals surface area contributed by atoms with Crippen LogP contribution in [0.2, 0.25) is 0 Å². The summed E-state index contributed by atoms with van der Waals surface area (Å²) in [5, 5.41) is 3.60. The number of halogens is 1. The number of anilines is 1. The van der Waals surface area contributed by atoms with Crippen LogP contribution in [0, 0.1) is 0 Å². The Labute approximate surface area is 119 Å². The number of hydrogen-bond donors (Lipinski definition) is 1. The van der Waals surface area contributed by atoms with E-state index in [-0.39, 0.29) is 0 Å². The van der Waals surface area contributed by atoms with Crippen LogP contribution in [0.15, 0.2) is 22.7 Å². The fourth-order valence-electron chi connectivity index (χ4n) is 2.13. The first kappa shape index (κ1) is 13.9. The molecule has 100 valence electrons. The molecule has 1 aromatic rings. The van der Waals surface area contributed by atoms with Crippen LogP contribution in [0.25, 0.3) is 0 Å². The highest BCUT2D eigenvalue weighted by Crippen LogP contribution is 2.26. The fourth-order valence-corrected chi connectivity index (χ4v) is 2.53. The van der Waals surface area contributed by atoms with E-state index in [0.29, 0.717) is 0 Å². The second kappa shape index (κ2) is 6.58. The van der Waals surface area contributed by atoms with Crippen LogP contribution in [-0.2, 0) is 6.54 Å². The lowest BCUT2D eigenvalue weighted by Crippen LogP contribution is -2.22. The zero-order valence-electron chi connectivity index (χ0n) is 11.4. The van der Waals surface area contributed by atoms with E-state index in [2.05, 4.69) is 58.3 Å². The molecular formula is C15H23BrN2. The van der Waals surface area contributed by atoms with E-state index in [0.717, 1.165) is 19.1 Å². The van der Waals surface area contributed by atoms with E-state index >= 15 is 0 Å². The molecule has 3 heteroatoms. The summed E-state index contributed by atoms with van der Waals surface area (Å²) in [7, 11) is 2.19. The highest BCUT2D eigenvalue weighted by Gasteiger charge is 2.20. The van der Waals surface area contributed by atoms with E-state index < -0.39 is 0 Å². The zero-order chi connectivity index (χ0) is 13.0. The van der Waals surface area contributed by atoms with Crippen molar-refractivity contribution in [3.8, 4) is 0 Å². The van der Waals surface area contributed by atoms with Gasteiger partial charge >= 0.3 is 0 Å². The molecule has 0 heterocycles. The van der Waals surface area contributed by atoms with Crippen molar-refractivity contribution in [2.24, 2.45) is 0 Å². The molecule has 1 aromatic carbocycles. The molecule has 0 spiro atoms. The van der Waals surface area contributed by atoms with Crippen LogP contribution in [0.3, 0.4) is 0 Å². The summed E-state index contributed by atoms with van der Waals surface area (Å²) >= 11 is 3.57. The molecular weight excluding hydrogens is 288 g/mol. The van der Waals surface area contributed by atoms with Gasteiger partial charge in [0, 0.05) is 36.3 Å². The van der Waals surface area contributed by atoms with E-state index in [1.807, 2.05) is 0 Å². The second-order valence-corrected chi connectivity index (χ2v) is 6.12. The van der Waals surface area contributed by atoms with Crippen molar-refractivity contribution < 1.29 is 0 Å². The van der Waals surface area contributed by atoms with Crippen molar-refractivity contribution in [2.75, 3.05) is 18.5 Å². The van der Waals surface area contributed by atoms with Crippen LogP contribution in [0.1, 0.15) is 38.2 Å². The fraction of sp³-hybridized carbons (Fsp3) is 0.600. The smallest absolute Gasteiger partial charge is 0.0410 e. The number of unbranched alkanes of at least 4 members (excludes halogenated alkanes) is 1. The normalized spacial score (nSPS) is 14.8. The molecule has 0 bridgehead atoms. The Balaban J connectivity index is 2.05. The zero-order valence-corrected chi connectivity index (χ0v) is 13.0. The Kier molecular flexibility index (Phi) is 5.07. The maximum atomic E-state index is 3.60. The molecule has 18 heavy (non-hydrogen) atoms. The highest BCUT2D eigenvalue weighted by molar-refractivity contribution is 9.10. The average Bonchev–Trinajstić information content (AvgIpc) is 3.17. The first-order chi connectivity index (χ1) is 8.70. The summed E-state index contributed by atoms with van der Waals surface area (Å²) in [6, 6.07) is 7.37. The van der Waals surface area contributed by atoms with Crippen molar-refractivity contribution >= 4 is 21.6 Å². The van der Waals surface area contributed by atoms with Gasteiger partial charge in [-0.25, -0.2) is 0 Å². The monoisotopic (exact) mass is 310 g/mol. The van der Waals surface area contributed by atoms with Crippen molar-refractivity contribution in [3.63, 3.8) is 0 Å². The molecule has 0 unspecified atom stereocenters. The van der Waals surface area contributed by atoms with E-state index in [1.165, 1.54) is 41.4 Å². The minimum absolute atomic E-state index is 0.762. The van der Waals surface area contributed by atoms with Gasteiger partial charge in [0.2, 0.25) is 0 Å². The summed E-state index contributed by atoms with van der Waals surface area (Å²) < 4.78 is 1.17. The first-order valence-electron chi connectivity index (χ1n) is 6.93. The molecule has 1 aliphatic rings. The second-order valence-electron chi connectivity index (χ2n) is 5.20. The topological polar surface area (TPSA) is 15.3 Å². The van der Waals surface area contributed by atoms with Crippen LogP contribution in [-0.4, -0.2) is 19.6 Å². The Morgan fingerprint density at radius 3 is 2.83 bits per heavy atom. The SMILES string of the molecule is CCCCN(C)c1ccc(Br)cc1CNC1CC1. The molecule has 0 atom stereocenters. The molecule has 0 amide bonds. The summed E-state index contributed by atoms with van der Waals surface area (Å²) in [5.41, 5.74) is 2.76. The Hall–Kier alpha value is -0.540. The summed E-state index contributed by atoms with van der Waals surface area (Å²) in [6.45, 7) is 4.36. The lowest BCUT2D eigenvalue weighted by Gasteiger charge is -2.23. The van der Waals surface area contributed by atoms with Gasteiger partial charge in [0.15, 0.2) is 0 Å². The minimum Gasteiger partial charge on any atom is -0.374 e. The summed E-state index contributed by atoms with van der Waals surface area (Å²) in [4.78, 5) is 2.37. The molecule has 1 saturated carbocycles. The van der Waals surface area contributed by atoms with Gasteiger partial charge in [0.25, 0.3) is 0 Å². The van der Waals surface area contributed by atoms with E-state index in [1.54, 1.807) is 0 Å². The Morgan fingerprint density at radius 1 is 1.39 bits per heavy atom. The molecule has 0 aliphatic heterocycles. The summed E-state index contributed by atoms with van der Waals surface area (Å²) in [6.07, 6.45) is 5.18. The number of hydrogen-bond acceptors (Lipinski definition) is 2. The highest BCUT2D eigenvalue weighted by atomic mass is 79.9. The third kappa shape index (κ3) is 3.99. The molecule has 2 rings (SSSR count).